The number of methoxy groups -OCH3 is 1. The topological polar surface area (TPSA) is 79.2 Å². The number of aliphatic hydroxyl groups excluding tert-OH is 3. The second-order valence-corrected chi connectivity index (χ2v) is 3.51. The molecular formula is C9H18O5. The molecule has 5 heteroatoms. The first-order valence-corrected chi connectivity index (χ1v) is 4.80. The van der Waals surface area contributed by atoms with Crippen LogP contribution >= 0.6 is 0 Å². The molecule has 0 aromatic carbocycles. The lowest BCUT2D eigenvalue weighted by atomic mass is 9.87. The lowest BCUT2D eigenvalue weighted by Crippen LogP contribution is -2.55. The van der Waals surface area contributed by atoms with Crippen LogP contribution in [-0.2, 0) is 9.47 Å². The average Bonchev–Trinajstić information content (AvgIpc) is 2.19. The first-order valence-electron chi connectivity index (χ1n) is 4.80. The van der Waals surface area contributed by atoms with Gasteiger partial charge in [-0.2, -0.15) is 0 Å². The van der Waals surface area contributed by atoms with E-state index in [1.807, 2.05) is 6.92 Å². The molecule has 0 aromatic heterocycles. The molecule has 14 heavy (non-hydrogen) atoms. The molecule has 1 rings (SSSR count). The van der Waals surface area contributed by atoms with E-state index in [0.29, 0.717) is 6.42 Å². The summed E-state index contributed by atoms with van der Waals surface area (Å²) in [5, 5.41) is 28.4. The molecule has 84 valence electrons. The Balaban J connectivity index is 2.72. The highest BCUT2D eigenvalue weighted by molar-refractivity contribution is 4.87. The molecule has 5 nitrogen and oxygen atoms in total. The van der Waals surface area contributed by atoms with Crippen molar-refractivity contribution in [3.05, 3.63) is 0 Å². The number of rotatable bonds is 3. The quantitative estimate of drug-likeness (QED) is 0.557. The summed E-state index contributed by atoms with van der Waals surface area (Å²) >= 11 is 0. The predicted octanol–water partition coefficient (Wildman–Crippen LogP) is -0.902. The fraction of sp³-hybridized carbons (Fsp3) is 1.00. The van der Waals surface area contributed by atoms with Crippen LogP contribution in [0.4, 0.5) is 0 Å². The first-order chi connectivity index (χ1) is 6.65. The van der Waals surface area contributed by atoms with Crippen molar-refractivity contribution < 1.29 is 24.8 Å². The van der Waals surface area contributed by atoms with E-state index in [4.69, 9.17) is 14.6 Å². The minimum absolute atomic E-state index is 0.274. The number of hydrogen-bond acceptors (Lipinski definition) is 5. The second kappa shape index (κ2) is 5.04. The van der Waals surface area contributed by atoms with E-state index < -0.39 is 24.6 Å². The Hall–Kier alpha value is -0.200. The van der Waals surface area contributed by atoms with Gasteiger partial charge in [-0.15, -0.1) is 0 Å². The maximum absolute atomic E-state index is 9.72. The molecule has 1 aliphatic rings. The molecule has 3 N–H and O–H groups in total. The van der Waals surface area contributed by atoms with Crippen molar-refractivity contribution in [1.29, 1.82) is 0 Å². The van der Waals surface area contributed by atoms with Gasteiger partial charge in [-0.1, -0.05) is 6.92 Å². The van der Waals surface area contributed by atoms with Crippen LogP contribution in [0.1, 0.15) is 13.3 Å². The highest BCUT2D eigenvalue weighted by Gasteiger charge is 2.43. The van der Waals surface area contributed by atoms with Crippen LogP contribution in [-0.4, -0.2) is 53.6 Å². The van der Waals surface area contributed by atoms with Crippen LogP contribution < -0.4 is 0 Å². The van der Waals surface area contributed by atoms with Crippen molar-refractivity contribution in [3.63, 3.8) is 0 Å². The summed E-state index contributed by atoms with van der Waals surface area (Å²) in [7, 11) is 1.42. The predicted molar refractivity (Wildman–Crippen MR) is 48.6 cm³/mol. The fourth-order valence-corrected chi connectivity index (χ4v) is 1.84. The van der Waals surface area contributed by atoms with Gasteiger partial charge < -0.3 is 24.8 Å². The summed E-state index contributed by atoms with van der Waals surface area (Å²) < 4.78 is 10.1. The van der Waals surface area contributed by atoms with E-state index in [1.165, 1.54) is 7.11 Å². The first kappa shape index (κ1) is 11.9. The lowest BCUT2D eigenvalue weighted by molar-refractivity contribution is -0.282. The zero-order chi connectivity index (χ0) is 10.7. The minimum atomic E-state index is -0.845. The number of ether oxygens (including phenoxy) is 2. The van der Waals surface area contributed by atoms with Crippen LogP contribution in [0.25, 0.3) is 0 Å². The normalized spacial score (nSPS) is 43.9. The lowest BCUT2D eigenvalue weighted by Gasteiger charge is -2.41. The molecule has 0 spiro atoms. The summed E-state index contributed by atoms with van der Waals surface area (Å²) in [6.07, 6.45) is -2.51. The van der Waals surface area contributed by atoms with Gasteiger partial charge in [-0.3, -0.25) is 0 Å². The standard InChI is InChI=1S/C9H18O5/c1-3-5-7(11)6(4-10)14-9(13-2)8(5)12/h5-12H,3-4H2,1-2H3/t5-,6?,7+,8?,9-/m1/s1. The highest BCUT2D eigenvalue weighted by atomic mass is 16.7. The third-order valence-electron chi connectivity index (χ3n) is 2.73. The molecule has 5 atom stereocenters. The molecule has 0 amide bonds. The Morgan fingerprint density at radius 3 is 2.36 bits per heavy atom. The van der Waals surface area contributed by atoms with Crippen LogP contribution in [0.5, 0.6) is 0 Å². The molecule has 1 saturated heterocycles. The molecule has 0 aromatic rings. The van der Waals surface area contributed by atoms with Crippen molar-refractivity contribution in [3.8, 4) is 0 Å². The van der Waals surface area contributed by atoms with Gasteiger partial charge in [-0.25, -0.2) is 0 Å². The van der Waals surface area contributed by atoms with Crippen LogP contribution in [0.3, 0.4) is 0 Å². The van der Waals surface area contributed by atoms with Gasteiger partial charge in [0, 0.05) is 13.0 Å². The summed E-state index contributed by atoms with van der Waals surface area (Å²) in [6.45, 7) is 1.59. The van der Waals surface area contributed by atoms with Crippen LogP contribution in [0.2, 0.25) is 0 Å². The maximum Gasteiger partial charge on any atom is 0.184 e. The number of hydrogen-bond donors (Lipinski definition) is 3. The van der Waals surface area contributed by atoms with Crippen LogP contribution in [0, 0.1) is 5.92 Å². The summed E-state index contributed by atoms with van der Waals surface area (Å²) in [5.74, 6) is -0.314. The third-order valence-corrected chi connectivity index (χ3v) is 2.73. The van der Waals surface area contributed by atoms with Crippen molar-refractivity contribution in [2.24, 2.45) is 5.92 Å². The second-order valence-electron chi connectivity index (χ2n) is 3.51. The van der Waals surface area contributed by atoms with Crippen molar-refractivity contribution in [2.75, 3.05) is 13.7 Å². The molecule has 1 aliphatic heterocycles. The largest absolute Gasteiger partial charge is 0.394 e. The molecule has 0 saturated carbocycles. The van der Waals surface area contributed by atoms with Crippen molar-refractivity contribution >= 4 is 0 Å². The Labute approximate surface area is 83.3 Å². The Kier molecular flexibility index (Phi) is 4.28. The van der Waals surface area contributed by atoms with Crippen molar-refractivity contribution in [2.45, 2.75) is 37.9 Å². The van der Waals surface area contributed by atoms with E-state index in [0.717, 1.165) is 0 Å². The Morgan fingerprint density at radius 1 is 1.29 bits per heavy atom. The molecule has 0 aliphatic carbocycles. The van der Waals surface area contributed by atoms with E-state index >= 15 is 0 Å². The van der Waals surface area contributed by atoms with Gasteiger partial charge in [0.2, 0.25) is 0 Å². The molecule has 1 fully saturated rings. The number of aliphatic hydroxyl groups is 3. The zero-order valence-electron chi connectivity index (χ0n) is 8.46. The Morgan fingerprint density at radius 2 is 1.93 bits per heavy atom. The monoisotopic (exact) mass is 206 g/mol. The molecular weight excluding hydrogens is 188 g/mol. The van der Waals surface area contributed by atoms with Gasteiger partial charge in [-0.05, 0) is 6.42 Å². The van der Waals surface area contributed by atoms with E-state index in [9.17, 15) is 10.2 Å². The summed E-state index contributed by atoms with van der Waals surface area (Å²) in [5.41, 5.74) is 0. The smallest absolute Gasteiger partial charge is 0.184 e. The molecule has 0 radical (unpaired) electrons. The Bertz CT molecular complexity index is 159. The van der Waals surface area contributed by atoms with Gasteiger partial charge in [0.1, 0.15) is 12.2 Å². The minimum Gasteiger partial charge on any atom is -0.394 e. The van der Waals surface area contributed by atoms with Crippen LogP contribution in [0.15, 0.2) is 0 Å². The summed E-state index contributed by atoms with van der Waals surface area (Å²) in [4.78, 5) is 0. The van der Waals surface area contributed by atoms with E-state index in [-0.39, 0.29) is 12.5 Å². The van der Waals surface area contributed by atoms with Gasteiger partial charge in [0.15, 0.2) is 6.29 Å². The van der Waals surface area contributed by atoms with E-state index in [1.54, 1.807) is 0 Å². The van der Waals surface area contributed by atoms with E-state index in [2.05, 4.69) is 0 Å². The third kappa shape index (κ3) is 2.07. The maximum atomic E-state index is 9.72. The van der Waals surface area contributed by atoms with Gasteiger partial charge in [0.25, 0.3) is 0 Å². The molecule has 1 heterocycles. The van der Waals surface area contributed by atoms with Gasteiger partial charge >= 0.3 is 0 Å². The SMILES string of the molecule is CC[C@H]1C(O)[C@H](OC)OC(CO)[C@H]1O. The fourth-order valence-electron chi connectivity index (χ4n) is 1.84. The highest BCUT2D eigenvalue weighted by Crippen LogP contribution is 2.28. The van der Waals surface area contributed by atoms with Crippen molar-refractivity contribution in [1.82, 2.24) is 0 Å². The molecule has 0 bridgehead atoms. The zero-order valence-corrected chi connectivity index (χ0v) is 8.46. The van der Waals surface area contributed by atoms with Gasteiger partial charge in [0.05, 0.1) is 12.7 Å². The summed E-state index contributed by atoms with van der Waals surface area (Å²) in [6, 6.07) is 0. The molecule has 2 unspecified atom stereocenters. The average molecular weight is 206 g/mol.